The van der Waals surface area contributed by atoms with E-state index in [4.69, 9.17) is 38.5 Å². The van der Waals surface area contributed by atoms with Crippen molar-refractivity contribution in [2.45, 2.75) is 32.9 Å². The number of hydrogen-bond acceptors (Lipinski definition) is 7. The van der Waals surface area contributed by atoms with E-state index in [1.165, 1.54) is 13.8 Å². The predicted octanol–water partition coefficient (Wildman–Crippen LogP) is -2.72. The maximum Gasteiger partial charge on any atom is 1.00 e. The molecule has 0 aromatic carbocycles. The van der Waals surface area contributed by atoms with Crippen molar-refractivity contribution in [2.75, 3.05) is 0 Å². The van der Waals surface area contributed by atoms with Crippen LogP contribution in [0, 0.1) is 23.2 Å². The second kappa shape index (κ2) is 43.0. The number of carbonyl (C=O) groups is 2. The molecule has 0 aliphatic carbocycles. The summed E-state index contributed by atoms with van der Waals surface area (Å²) >= 11 is 0. The van der Waals surface area contributed by atoms with Crippen molar-refractivity contribution >= 4 is 24.7 Å². The maximum atomic E-state index is 9.57. The number of nitriles is 1. The predicted molar refractivity (Wildman–Crippen MR) is 70.6 cm³/mol. The Balaban J connectivity index is -0.0000000159. The molecule has 0 spiro atoms. The average molecular weight is 323 g/mol. The van der Waals surface area contributed by atoms with Gasteiger partial charge in [-0.15, -0.1) is 12.4 Å². The topological polar surface area (TPSA) is 189 Å². The summed E-state index contributed by atoms with van der Waals surface area (Å²) in [5.74, 6) is -0.963. The van der Waals surface area contributed by atoms with Crippen molar-refractivity contribution in [1.29, 1.82) is 10.5 Å². The van der Waals surface area contributed by atoms with Crippen LogP contribution in [0.3, 0.4) is 0 Å². The van der Waals surface area contributed by atoms with Crippen LogP contribution in [0.5, 0.6) is 0 Å². The second-order valence-corrected chi connectivity index (χ2v) is 2.28. The quantitative estimate of drug-likeness (QED) is 0.227. The molecule has 0 heterocycles. The van der Waals surface area contributed by atoms with Gasteiger partial charge in [0.05, 0.1) is 12.1 Å². The number of hydrogen-bond donors (Lipinski definition) is 4. The van der Waals surface area contributed by atoms with Crippen molar-refractivity contribution in [2.24, 2.45) is 11.5 Å². The standard InChI is InChI=1S/C3H6N2.C3H7NO2.C2H4O.CN.ClH.K.H3N/c1-3(5)2-4;1-2(4)3(5)6;1-2-3;1-2;;;/h3H,5H2,1H3;2H,4H2,1H3,(H,5,6);2H,1H3;;1H;;1H3/q;;;-1;;+1;/p+1. The van der Waals surface area contributed by atoms with Crippen molar-refractivity contribution in [1.82, 2.24) is 6.15 Å². The summed E-state index contributed by atoms with van der Waals surface area (Å²) in [6.45, 7) is 9.25. The molecule has 2 atom stereocenters. The number of rotatable bonds is 1. The molecule has 0 radical (unpaired) electrons. The molecule has 0 saturated carbocycles. The molecule has 108 valence electrons. The Bertz CT molecular complexity index is 237. The minimum atomic E-state index is -0.963. The van der Waals surface area contributed by atoms with Gasteiger partial charge >= 0.3 is 58.8 Å². The number of aldehydes is 1. The SMILES string of the molecule is CC(N)C#N.CC(N)C(=O)O.CC=O.Cl.N.[C-]#N.[H+].[K+]. The molecule has 0 aromatic rings. The van der Waals surface area contributed by atoms with E-state index in [1.807, 2.05) is 0 Å². The third-order valence-electron chi connectivity index (χ3n) is 0.593. The Kier molecular flexibility index (Phi) is 96.8. The third-order valence-corrected chi connectivity index (χ3v) is 0.593. The Hall–Kier alpha value is -0.0736. The molecule has 2 unspecified atom stereocenters. The van der Waals surface area contributed by atoms with Crippen molar-refractivity contribution in [3.63, 3.8) is 0 Å². The first-order valence-corrected chi connectivity index (χ1v) is 4.09. The Morgan fingerprint density at radius 1 is 1.42 bits per heavy atom. The average Bonchev–Trinajstić information content (AvgIpc) is 2.22. The number of carboxylic acids is 1. The number of carboxylic acid groups (broad SMARTS) is 1. The first-order valence-electron chi connectivity index (χ1n) is 4.09. The normalized spacial score (nSPS) is 8.53. The molecule has 10 heteroatoms. The molecule has 0 aliphatic heterocycles. The van der Waals surface area contributed by atoms with Crippen LogP contribution in [0.15, 0.2) is 0 Å². The van der Waals surface area contributed by atoms with Gasteiger partial charge in [0.2, 0.25) is 0 Å². The van der Waals surface area contributed by atoms with E-state index >= 15 is 0 Å². The van der Waals surface area contributed by atoms with Crippen LogP contribution < -0.4 is 69.0 Å². The molecule has 0 amide bonds. The molecular weight excluding hydrogens is 301 g/mol. The maximum absolute atomic E-state index is 9.57. The summed E-state index contributed by atoms with van der Waals surface area (Å²) < 4.78 is 0. The molecule has 19 heavy (non-hydrogen) atoms. The minimum absolute atomic E-state index is 0. The van der Waals surface area contributed by atoms with Crippen molar-refractivity contribution in [3.05, 3.63) is 6.57 Å². The van der Waals surface area contributed by atoms with Gasteiger partial charge in [-0.2, -0.15) is 5.26 Å². The van der Waals surface area contributed by atoms with Gasteiger partial charge in [0.15, 0.2) is 0 Å². The third kappa shape index (κ3) is 129. The van der Waals surface area contributed by atoms with E-state index in [2.05, 4.69) is 0 Å². The van der Waals surface area contributed by atoms with Crippen LogP contribution >= 0.6 is 12.4 Å². The van der Waals surface area contributed by atoms with Crippen LogP contribution in [-0.4, -0.2) is 29.4 Å². The Labute approximate surface area is 164 Å². The molecule has 0 saturated heterocycles. The number of nitrogens with zero attached hydrogens (tertiary/aromatic N) is 2. The van der Waals surface area contributed by atoms with Crippen LogP contribution in [0.1, 0.15) is 22.2 Å². The number of halogens is 1. The molecule has 0 fully saturated rings. The van der Waals surface area contributed by atoms with Crippen molar-refractivity contribution in [3.8, 4) is 6.07 Å². The van der Waals surface area contributed by atoms with Gasteiger partial charge in [0.1, 0.15) is 12.3 Å². The van der Waals surface area contributed by atoms with Crippen molar-refractivity contribution < 1.29 is 67.5 Å². The second-order valence-electron chi connectivity index (χ2n) is 2.28. The minimum Gasteiger partial charge on any atom is -0.512 e. The van der Waals surface area contributed by atoms with E-state index < -0.39 is 12.0 Å². The van der Waals surface area contributed by atoms with E-state index in [-0.39, 0.29) is 77.4 Å². The van der Waals surface area contributed by atoms with Crippen LogP contribution in [-0.2, 0) is 9.59 Å². The molecule has 0 aromatic heterocycles. The van der Waals surface area contributed by atoms with Gasteiger partial charge < -0.3 is 39.4 Å². The smallest absolute Gasteiger partial charge is 0.512 e. The summed E-state index contributed by atoms with van der Waals surface area (Å²) in [5, 5.41) is 21.9. The molecule has 0 bridgehead atoms. The first kappa shape index (κ1) is 42.8. The van der Waals surface area contributed by atoms with Crippen LogP contribution in [0.2, 0.25) is 0 Å². The fourth-order valence-corrected chi connectivity index (χ4v) is 0. The summed E-state index contributed by atoms with van der Waals surface area (Å²) in [7, 11) is 0. The van der Waals surface area contributed by atoms with Gasteiger partial charge in [-0.05, 0) is 20.8 Å². The van der Waals surface area contributed by atoms with Gasteiger partial charge in [0.25, 0.3) is 0 Å². The summed E-state index contributed by atoms with van der Waals surface area (Å²) in [5.41, 5.74) is 9.77. The Morgan fingerprint density at radius 3 is 1.53 bits per heavy atom. The van der Waals surface area contributed by atoms with Gasteiger partial charge in [0, 0.05) is 0 Å². The Morgan fingerprint density at radius 2 is 1.53 bits per heavy atom. The van der Waals surface area contributed by atoms with Crippen LogP contribution in [0.4, 0.5) is 0 Å². The fraction of sp³-hybridized carbons (Fsp3) is 0.556. The molecule has 8 nitrogen and oxygen atoms in total. The fourth-order valence-electron chi connectivity index (χ4n) is 0. The van der Waals surface area contributed by atoms with Crippen LogP contribution in [0.25, 0.3) is 0 Å². The summed E-state index contributed by atoms with van der Waals surface area (Å²) in [6, 6.07) is 0.764. The monoisotopic (exact) mass is 322 g/mol. The van der Waals surface area contributed by atoms with Gasteiger partial charge in [-0.1, -0.05) is 0 Å². The summed E-state index contributed by atoms with van der Waals surface area (Å²) in [4.78, 5) is 18.4. The van der Waals surface area contributed by atoms with E-state index in [9.17, 15) is 4.79 Å². The zero-order valence-electron chi connectivity index (χ0n) is 12.7. The van der Waals surface area contributed by atoms with E-state index in [1.54, 1.807) is 13.0 Å². The molecule has 8 N–H and O–H groups in total. The largest absolute Gasteiger partial charge is 1.00 e. The number of nitrogens with two attached hydrogens (primary N) is 2. The molecule has 0 rings (SSSR count). The summed E-state index contributed by atoms with van der Waals surface area (Å²) in [6.07, 6.45) is 0.750. The molecule has 0 aliphatic rings. The van der Waals surface area contributed by atoms with Gasteiger partial charge in [-0.3, -0.25) is 4.79 Å². The first-order chi connectivity index (χ1) is 7.33. The van der Waals surface area contributed by atoms with Gasteiger partial charge in [-0.25, -0.2) is 0 Å². The number of carbonyl (C=O) groups excluding carboxylic acids is 1. The zero-order valence-corrected chi connectivity index (χ0v) is 15.6. The number of aliphatic carboxylic acids is 1. The van der Waals surface area contributed by atoms with E-state index in [0.29, 0.717) is 0 Å². The van der Waals surface area contributed by atoms with E-state index in [0.717, 1.165) is 6.29 Å². The molecular formula is C9H22ClKN5O3+. The zero-order chi connectivity index (χ0) is 14.1.